The van der Waals surface area contributed by atoms with Crippen molar-refractivity contribution >= 4 is 28.3 Å². The lowest BCUT2D eigenvalue weighted by atomic mass is 10.2. The number of rotatable bonds is 6. The van der Waals surface area contributed by atoms with E-state index in [-0.39, 0.29) is 18.4 Å². The second-order valence-electron chi connectivity index (χ2n) is 6.01. The third-order valence-electron chi connectivity index (χ3n) is 3.91. The highest BCUT2D eigenvalue weighted by atomic mass is 16.5. The molecule has 0 aliphatic heterocycles. The van der Waals surface area contributed by atoms with Gasteiger partial charge in [0.2, 0.25) is 6.54 Å². The van der Waals surface area contributed by atoms with Gasteiger partial charge in [-0.3, -0.25) is 4.79 Å². The van der Waals surface area contributed by atoms with E-state index in [9.17, 15) is 9.59 Å². The SMILES string of the molecule is CCCOC(=O)c1ccc(NC(=O)C[n+]2ccc3ccccc3c2)cc1. The third-order valence-corrected chi connectivity index (χ3v) is 3.91. The zero-order valence-electron chi connectivity index (χ0n) is 14.6. The molecule has 0 aliphatic carbocycles. The minimum Gasteiger partial charge on any atom is -0.462 e. The summed E-state index contributed by atoms with van der Waals surface area (Å²) in [7, 11) is 0. The van der Waals surface area contributed by atoms with Crippen molar-refractivity contribution in [2.75, 3.05) is 11.9 Å². The topological polar surface area (TPSA) is 59.3 Å². The molecule has 0 unspecified atom stereocenters. The summed E-state index contributed by atoms with van der Waals surface area (Å²) in [5.41, 5.74) is 1.11. The number of anilines is 1. The van der Waals surface area contributed by atoms with E-state index in [1.807, 2.05) is 54.2 Å². The summed E-state index contributed by atoms with van der Waals surface area (Å²) in [6, 6.07) is 16.7. The Morgan fingerprint density at radius 3 is 2.46 bits per heavy atom. The van der Waals surface area contributed by atoms with Crippen LogP contribution in [0.5, 0.6) is 0 Å². The standard InChI is InChI=1S/C21H20N2O3/c1-2-13-26-21(25)17-7-9-19(10-8-17)22-20(24)15-23-12-11-16-5-3-4-6-18(16)14-23/h3-12,14H,2,13,15H2,1H3/p+1. The van der Waals surface area contributed by atoms with Gasteiger partial charge >= 0.3 is 5.97 Å². The highest BCUT2D eigenvalue weighted by Gasteiger charge is 2.11. The number of nitrogens with zero attached hydrogens (tertiary/aromatic N) is 1. The van der Waals surface area contributed by atoms with Crippen LogP contribution in [0.4, 0.5) is 5.69 Å². The molecule has 1 N–H and O–H groups in total. The normalized spacial score (nSPS) is 10.5. The van der Waals surface area contributed by atoms with Gasteiger partial charge in [0.05, 0.1) is 12.2 Å². The lowest BCUT2D eigenvalue weighted by Crippen LogP contribution is -2.39. The van der Waals surface area contributed by atoms with E-state index in [1.54, 1.807) is 24.3 Å². The fraction of sp³-hybridized carbons (Fsp3) is 0.190. The smallest absolute Gasteiger partial charge is 0.338 e. The van der Waals surface area contributed by atoms with E-state index < -0.39 is 0 Å². The minimum absolute atomic E-state index is 0.133. The van der Waals surface area contributed by atoms with Gasteiger partial charge in [-0.1, -0.05) is 25.1 Å². The number of hydrogen-bond donors (Lipinski definition) is 1. The Labute approximate surface area is 152 Å². The van der Waals surface area contributed by atoms with E-state index in [2.05, 4.69) is 5.32 Å². The Morgan fingerprint density at radius 2 is 1.73 bits per heavy atom. The molecule has 132 valence electrons. The molecule has 0 bridgehead atoms. The maximum atomic E-state index is 12.3. The molecule has 0 saturated heterocycles. The van der Waals surface area contributed by atoms with Crippen molar-refractivity contribution in [1.29, 1.82) is 0 Å². The van der Waals surface area contributed by atoms with Crippen molar-refractivity contribution in [2.45, 2.75) is 19.9 Å². The van der Waals surface area contributed by atoms with Crippen LogP contribution in [0.3, 0.4) is 0 Å². The fourth-order valence-corrected chi connectivity index (χ4v) is 2.61. The molecule has 26 heavy (non-hydrogen) atoms. The van der Waals surface area contributed by atoms with E-state index in [1.165, 1.54) is 0 Å². The summed E-state index contributed by atoms with van der Waals surface area (Å²) < 4.78 is 6.92. The van der Waals surface area contributed by atoms with Gasteiger partial charge in [-0.25, -0.2) is 4.79 Å². The minimum atomic E-state index is -0.351. The molecule has 1 heterocycles. The summed E-state index contributed by atoms with van der Waals surface area (Å²) in [5.74, 6) is -0.483. The van der Waals surface area contributed by atoms with Gasteiger partial charge in [0.25, 0.3) is 5.91 Å². The first-order chi connectivity index (χ1) is 12.7. The monoisotopic (exact) mass is 349 g/mol. The zero-order chi connectivity index (χ0) is 18.4. The summed E-state index contributed by atoms with van der Waals surface area (Å²) in [6.07, 6.45) is 4.61. The molecule has 5 heteroatoms. The number of ether oxygens (including phenoxy) is 1. The van der Waals surface area contributed by atoms with E-state index in [0.29, 0.717) is 17.9 Å². The number of amides is 1. The van der Waals surface area contributed by atoms with Crippen molar-refractivity contribution < 1.29 is 18.9 Å². The second-order valence-corrected chi connectivity index (χ2v) is 6.01. The molecule has 3 aromatic rings. The molecule has 0 aliphatic rings. The Kier molecular flexibility index (Phi) is 5.59. The van der Waals surface area contributed by atoms with E-state index in [0.717, 1.165) is 17.2 Å². The summed E-state index contributed by atoms with van der Waals surface area (Å²) in [4.78, 5) is 24.0. The van der Waals surface area contributed by atoms with E-state index in [4.69, 9.17) is 4.74 Å². The van der Waals surface area contributed by atoms with Gasteiger partial charge in [0.1, 0.15) is 0 Å². The molecule has 0 radical (unpaired) electrons. The van der Waals surface area contributed by atoms with Crippen molar-refractivity contribution in [3.63, 3.8) is 0 Å². The van der Waals surface area contributed by atoms with Gasteiger partial charge in [-0.15, -0.1) is 0 Å². The average molecular weight is 349 g/mol. The fourth-order valence-electron chi connectivity index (χ4n) is 2.61. The van der Waals surface area contributed by atoms with E-state index >= 15 is 0 Å². The van der Waals surface area contributed by atoms with Crippen LogP contribution in [0.25, 0.3) is 10.8 Å². The van der Waals surface area contributed by atoms with Crippen LogP contribution in [0.15, 0.2) is 67.0 Å². The summed E-state index contributed by atoms with van der Waals surface area (Å²) >= 11 is 0. The third kappa shape index (κ3) is 4.45. The first-order valence-corrected chi connectivity index (χ1v) is 8.60. The predicted molar refractivity (Wildman–Crippen MR) is 99.8 cm³/mol. The van der Waals surface area contributed by atoms with Crippen LogP contribution in [-0.2, 0) is 16.1 Å². The lowest BCUT2D eigenvalue weighted by Gasteiger charge is -2.06. The second kappa shape index (κ2) is 8.25. The molecule has 3 rings (SSSR count). The number of benzene rings is 2. The van der Waals surface area contributed by atoms with Crippen LogP contribution < -0.4 is 9.88 Å². The van der Waals surface area contributed by atoms with Gasteiger partial charge < -0.3 is 10.1 Å². The van der Waals surface area contributed by atoms with Gasteiger partial charge in [0.15, 0.2) is 12.4 Å². The molecule has 5 nitrogen and oxygen atoms in total. The van der Waals surface area contributed by atoms with Crippen molar-refractivity contribution in [3.05, 3.63) is 72.6 Å². The number of fused-ring (bicyclic) bond motifs is 1. The van der Waals surface area contributed by atoms with Crippen LogP contribution in [-0.4, -0.2) is 18.5 Å². The lowest BCUT2D eigenvalue weighted by molar-refractivity contribution is -0.682. The van der Waals surface area contributed by atoms with Crippen molar-refractivity contribution in [3.8, 4) is 0 Å². The first-order valence-electron chi connectivity index (χ1n) is 8.60. The van der Waals surface area contributed by atoms with Crippen LogP contribution in [0.1, 0.15) is 23.7 Å². The molecule has 0 saturated carbocycles. The Hall–Kier alpha value is -3.21. The molecule has 1 amide bonds. The quantitative estimate of drug-likeness (QED) is 0.548. The highest BCUT2D eigenvalue weighted by molar-refractivity contribution is 5.92. The summed E-state index contributed by atoms with van der Waals surface area (Å²) in [5, 5.41) is 5.05. The molecular weight excluding hydrogens is 328 g/mol. The van der Waals surface area contributed by atoms with Gasteiger partial charge in [0, 0.05) is 17.1 Å². The average Bonchev–Trinajstić information content (AvgIpc) is 2.66. The molecule has 1 aromatic heterocycles. The highest BCUT2D eigenvalue weighted by Crippen LogP contribution is 2.12. The number of esters is 1. The van der Waals surface area contributed by atoms with Crippen LogP contribution >= 0.6 is 0 Å². The van der Waals surface area contributed by atoms with Crippen LogP contribution in [0, 0.1) is 0 Å². The summed E-state index contributed by atoms with van der Waals surface area (Å²) in [6.45, 7) is 2.56. The largest absolute Gasteiger partial charge is 0.462 e. The van der Waals surface area contributed by atoms with Crippen molar-refractivity contribution in [1.82, 2.24) is 0 Å². The van der Waals surface area contributed by atoms with Crippen molar-refractivity contribution in [2.24, 2.45) is 0 Å². The number of carbonyl (C=O) groups is 2. The maximum Gasteiger partial charge on any atom is 0.338 e. The number of pyridine rings is 1. The first kappa shape index (κ1) is 17.6. The molecule has 0 fully saturated rings. The molecule has 0 spiro atoms. The zero-order valence-corrected chi connectivity index (χ0v) is 14.6. The predicted octanol–water partition coefficient (Wildman–Crippen LogP) is 3.33. The Balaban J connectivity index is 1.61. The maximum absolute atomic E-state index is 12.3. The number of carbonyl (C=O) groups excluding carboxylic acids is 2. The molecule has 2 aromatic carbocycles. The molecule has 0 atom stereocenters. The van der Waals surface area contributed by atoms with Crippen LogP contribution in [0.2, 0.25) is 0 Å². The number of nitrogens with one attached hydrogen (secondary N) is 1. The Bertz CT molecular complexity index is 920. The Morgan fingerprint density at radius 1 is 1.00 bits per heavy atom. The molecular formula is C21H21N2O3+. The van der Waals surface area contributed by atoms with Gasteiger partial charge in [-0.2, -0.15) is 4.57 Å². The number of aromatic nitrogens is 1. The van der Waals surface area contributed by atoms with Gasteiger partial charge in [-0.05, 0) is 42.1 Å². The number of hydrogen-bond acceptors (Lipinski definition) is 3.